The Morgan fingerprint density at radius 3 is 2.20 bits per heavy atom. The van der Waals surface area contributed by atoms with Crippen LogP contribution in [0.5, 0.6) is 0 Å². The van der Waals surface area contributed by atoms with E-state index >= 15 is 0 Å². The van der Waals surface area contributed by atoms with Crippen LogP contribution in [0.25, 0.3) is 0 Å². The van der Waals surface area contributed by atoms with E-state index in [4.69, 9.17) is 5.73 Å². The standard InChI is InChI=1S/C9H17N/c1-8(7-10)5-9(6-8)3-2-4-9/h2-7,10H2,1H3. The summed E-state index contributed by atoms with van der Waals surface area (Å²) < 4.78 is 0. The maximum atomic E-state index is 5.67. The summed E-state index contributed by atoms with van der Waals surface area (Å²) in [4.78, 5) is 0. The molecule has 0 radical (unpaired) electrons. The highest BCUT2D eigenvalue weighted by molar-refractivity contribution is 5.05. The van der Waals surface area contributed by atoms with Gasteiger partial charge in [-0.15, -0.1) is 0 Å². The molecule has 2 N–H and O–H groups in total. The number of hydrogen-bond donors (Lipinski definition) is 1. The minimum absolute atomic E-state index is 0.528. The Kier molecular flexibility index (Phi) is 1.17. The lowest BCUT2D eigenvalue weighted by molar-refractivity contribution is -0.0803. The fraction of sp³-hybridized carbons (Fsp3) is 1.00. The van der Waals surface area contributed by atoms with Crippen molar-refractivity contribution in [1.82, 2.24) is 0 Å². The van der Waals surface area contributed by atoms with Gasteiger partial charge in [0.05, 0.1) is 0 Å². The van der Waals surface area contributed by atoms with E-state index in [-0.39, 0.29) is 0 Å². The van der Waals surface area contributed by atoms with Crippen molar-refractivity contribution in [2.45, 2.75) is 39.0 Å². The van der Waals surface area contributed by atoms with E-state index in [9.17, 15) is 0 Å². The first-order valence-electron chi connectivity index (χ1n) is 4.38. The average Bonchev–Trinajstić information content (AvgIpc) is 1.77. The quantitative estimate of drug-likeness (QED) is 0.590. The van der Waals surface area contributed by atoms with Gasteiger partial charge in [-0.1, -0.05) is 13.3 Å². The number of hydrogen-bond acceptors (Lipinski definition) is 1. The molecule has 2 aliphatic rings. The van der Waals surface area contributed by atoms with Gasteiger partial charge in [-0.05, 0) is 43.1 Å². The van der Waals surface area contributed by atoms with E-state index in [1.807, 2.05) is 0 Å². The van der Waals surface area contributed by atoms with E-state index in [0.717, 1.165) is 12.0 Å². The lowest BCUT2D eigenvalue weighted by Gasteiger charge is -2.60. The SMILES string of the molecule is CC1(CN)CC2(CCC2)C1. The highest BCUT2D eigenvalue weighted by atomic mass is 14.7. The molecule has 0 heterocycles. The molecule has 0 aromatic rings. The molecule has 10 heavy (non-hydrogen) atoms. The predicted octanol–water partition coefficient (Wildman–Crippen LogP) is 1.92. The molecule has 1 heteroatoms. The third-order valence-corrected chi connectivity index (χ3v) is 3.51. The molecule has 0 bridgehead atoms. The fourth-order valence-electron chi connectivity index (χ4n) is 2.93. The van der Waals surface area contributed by atoms with Crippen molar-refractivity contribution in [3.63, 3.8) is 0 Å². The second-order valence-corrected chi connectivity index (χ2v) is 4.72. The Morgan fingerprint density at radius 1 is 1.30 bits per heavy atom. The molecule has 0 aliphatic heterocycles. The van der Waals surface area contributed by atoms with Gasteiger partial charge in [-0.2, -0.15) is 0 Å². The zero-order valence-corrected chi connectivity index (χ0v) is 6.82. The van der Waals surface area contributed by atoms with E-state index < -0.39 is 0 Å². The molecule has 2 saturated carbocycles. The van der Waals surface area contributed by atoms with Crippen LogP contribution in [-0.4, -0.2) is 6.54 Å². The average molecular weight is 139 g/mol. The van der Waals surface area contributed by atoms with E-state index in [2.05, 4.69) is 6.92 Å². The van der Waals surface area contributed by atoms with Gasteiger partial charge in [0.25, 0.3) is 0 Å². The molecular formula is C9H17N. The Bertz CT molecular complexity index is 131. The lowest BCUT2D eigenvalue weighted by atomic mass is 9.46. The molecule has 1 spiro atoms. The van der Waals surface area contributed by atoms with Gasteiger partial charge in [0.2, 0.25) is 0 Å². The van der Waals surface area contributed by atoms with Crippen molar-refractivity contribution in [2.75, 3.05) is 6.54 Å². The topological polar surface area (TPSA) is 26.0 Å². The summed E-state index contributed by atoms with van der Waals surface area (Å²) in [6.07, 6.45) is 7.28. The van der Waals surface area contributed by atoms with Crippen molar-refractivity contribution in [1.29, 1.82) is 0 Å². The molecule has 0 atom stereocenters. The van der Waals surface area contributed by atoms with Gasteiger partial charge in [0.1, 0.15) is 0 Å². The third-order valence-electron chi connectivity index (χ3n) is 3.51. The lowest BCUT2D eigenvalue weighted by Crippen LogP contribution is -2.52. The Morgan fingerprint density at radius 2 is 1.90 bits per heavy atom. The van der Waals surface area contributed by atoms with Crippen LogP contribution in [0.15, 0.2) is 0 Å². The second kappa shape index (κ2) is 1.76. The van der Waals surface area contributed by atoms with Crippen molar-refractivity contribution in [3.8, 4) is 0 Å². The normalized spacial score (nSPS) is 33.0. The number of nitrogens with two attached hydrogens (primary N) is 1. The molecule has 0 aromatic heterocycles. The van der Waals surface area contributed by atoms with E-state index in [1.165, 1.54) is 32.1 Å². The summed E-state index contributed by atoms with van der Waals surface area (Å²) in [6.45, 7) is 3.23. The molecule has 1 nitrogen and oxygen atoms in total. The van der Waals surface area contributed by atoms with Crippen LogP contribution in [0, 0.1) is 10.8 Å². The maximum absolute atomic E-state index is 5.67. The summed E-state index contributed by atoms with van der Waals surface area (Å²) in [5.74, 6) is 0. The third kappa shape index (κ3) is 0.731. The molecule has 0 amide bonds. The van der Waals surface area contributed by atoms with Crippen LogP contribution >= 0.6 is 0 Å². The largest absolute Gasteiger partial charge is 0.330 e. The van der Waals surface area contributed by atoms with Gasteiger partial charge in [0.15, 0.2) is 0 Å². The highest BCUT2D eigenvalue weighted by Crippen LogP contribution is 2.63. The van der Waals surface area contributed by atoms with E-state index in [0.29, 0.717) is 5.41 Å². The minimum atomic E-state index is 0.528. The fourth-order valence-corrected chi connectivity index (χ4v) is 2.93. The summed E-state index contributed by atoms with van der Waals surface area (Å²) >= 11 is 0. The molecule has 0 aromatic carbocycles. The Labute approximate surface area is 63.0 Å². The first-order chi connectivity index (χ1) is 4.68. The van der Waals surface area contributed by atoms with E-state index in [1.54, 1.807) is 0 Å². The van der Waals surface area contributed by atoms with Crippen LogP contribution in [0.2, 0.25) is 0 Å². The van der Waals surface area contributed by atoms with Crippen LogP contribution in [0.3, 0.4) is 0 Å². The first-order valence-corrected chi connectivity index (χ1v) is 4.38. The van der Waals surface area contributed by atoms with Crippen LogP contribution in [-0.2, 0) is 0 Å². The van der Waals surface area contributed by atoms with Gasteiger partial charge < -0.3 is 5.73 Å². The maximum Gasteiger partial charge on any atom is -0.00228 e. The zero-order valence-electron chi connectivity index (χ0n) is 6.82. The Hall–Kier alpha value is -0.0400. The minimum Gasteiger partial charge on any atom is -0.330 e. The highest BCUT2D eigenvalue weighted by Gasteiger charge is 2.53. The van der Waals surface area contributed by atoms with Gasteiger partial charge in [-0.3, -0.25) is 0 Å². The van der Waals surface area contributed by atoms with Gasteiger partial charge in [-0.25, -0.2) is 0 Å². The van der Waals surface area contributed by atoms with Crippen molar-refractivity contribution < 1.29 is 0 Å². The molecule has 58 valence electrons. The molecule has 0 unspecified atom stereocenters. The van der Waals surface area contributed by atoms with Crippen LogP contribution < -0.4 is 5.73 Å². The van der Waals surface area contributed by atoms with Gasteiger partial charge >= 0.3 is 0 Å². The zero-order chi connectivity index (χ0) is 7.24. The van der Waals surface area contributed by atoms with Crippen LogP contribution in [0.1, 0.15) is 39.0 Å². The second-order valence-electron chi connectivity index (χ2n) is 4.72. The predicted molar refractivity (Wildman–Crippen MR) is 42.7 cm³/mol. The van der Waals surface area contributed by atoms with Crippen molar-refractivity contribution in [3.05, 3.63) is 0 Å². The monoisotopic (exact) mass is 139 g/mol. The summed E-state index contributed by atoms with van der Waals surface area (Å²) in [5, 5.41) is 0. The summed E-state index contributed by atoms with van der Waals surface area (Å²) in [6, 6.07) is 0. The molecular weight excluding hydrogens is 122 g/mol. The molecule has 2 fully saturated rings. The number of rotatable bonds is 1. The van der Waals surface area contributed by atoms with Crippen LogP contribution in [0.4, 0.5) is 0 Å². The van der Waals surface area contributed by atoms with Crippen molar-refractivity contribution in [2.24, 2.45) is 16.6 Å². The summed E-state index contributed by atoms with van der Waals surface area (Å²) in [5.41, 5.74) is 7.00. The van der Waals surface area contributed by atoms with Gasteiger partial charge in [0, 0.05) is 0 Å². The van der Waals surface area contributed by atoms with Crippen molar-refractivity contribution >= 4 is 0 Å². The smallest absolute Gasteiger partial charge is 0.00228 e. The molecule has 2 aliphatic carbocycles. The molecule has 2 rings (SSSR count). The Balaban J connectivity index is 1.92. The molecule has 0 saturated heterocycles. The summed E-state index contributed by atoms with van der Waals surface area (Å²) in [7, 11) is 0. The first kappa shape index (κ1) is 6.66.